The number of aliphatic imine (C=N–C) groups is 1. The highest BCUT2D eigenvalue weighted by atomic mass is 32.2. The van der Waals surface area contributed by atoms with Crippen molar-refractivity contribution in [2.45, 2.75) is 37.4 Å². The number of ether oxygens (including phenoxy) is 1. The van der Waals surface area contributed by atoms with Gasteiger partial charge in [0, 0.05) is 25.4 Å². The molecule has 0 spiro atoms. The van der Waals surface area contributed by atoms with Crippen molar-refractivity contribution in [3.63, 3.8) is 0 Å². The first-order valence-corrected chi connectivity index (χ1v) is 9.18. The Bertz CT molecular complexity index is 776. The molecule has 0 aromatic heterocycles. The molecule has 0 aliphatic rings. The standard InChI is InChI=1S/C16H24FN3O4S/c1-10(24-5)14(21)20-12-6-7-13(17)11(8-12)9-25(22,23)16(2,3)15(18)19-4/h6-8,10H,9H2,1-5H3,(H2,18,19)(H,20,21). The Hall–Kier alpha value is -2.00. The van der Waals surface area contributed by atoms with E-state index < -0.39 is 38.2 Å². The second-order valence-corrected chi connectivity index (χ2v) is 8.59. The molecule has 140 valence electrons. The van der Waals surface area contributed by atoms with Crippen molar-refractivity contribution in [1.82, 2.24) is 0 Å². The number of nitrogens with zero attached hydrogens (tertiary/aromatic N) is 1. The Morgan fingerprint density at radius 2 is 2.04 bits per heavy atom. The number of anilines is 1. The van der Waals surface area contributed by atoms with Crippen LogP contribution in [-0.2, 0) is 25.1 Å². The lowest BCUT2D eigenvalue weighted by atomic mass is 10.2. The first-order chi connectivity index (χ1) is 11.5. The highest BCUT2D eigenvalue weighted by Gasteiger charge is 2.38. The Kier molecular flexibility index (Phi) is 6.67. The maximum absolute atomic E-state index is 14.1. The van der Waals surface area contributed by atoms with Crippen molar-refractivity contribution >= 4 is 27.3 Å². The molecule has 0 aliphatic heterocycles. The van der Waals surface area contributed by atoms with Crippen LogP contribution in [-0.4, -0.2) is 45.2 Å². The van der Waals surface area contributed by atoms with Crippen LogP contribution in [0.5, 0.6) is 0 Å². The minimum absolute atomic E-state index is 0.0636. The van der Waals surface area contributed by atoms with Gasteiger partial charge in [0.1, 0.15) is 22.5 Å². The number of methoxy groups -OCH3 is 1. The van der Waals surface area contributed by atoms with Crippen LogP contribution >= 0.6 is 0 Å². The van der Waals surface area contributed by atoms with E-state index in [1.807, 2.05) is 0 Å². The van der Waals surface area contributed by atoms with Crippen molar-refractivity contribution in [2.75, 3.05) is 19.5 Å². The molecule has 0 aliphatic carbocycles. The van der Waals surface area contributed by atoms with Gasteiger partial charge >= 0.3 is 0 Å². The fourth-order valence-corrected chi connectivity index (χ4v) is 3.33. The Labute approximate surface area is 147 Å². The van der Waals surface area contributed by atoms with E-state index in [1.165, 1.54) is 40.1 Å². The van der Waals surface area contributed by atoms with Gasteiger partial charge in [0.05, 0.1) is 5.75 Å². The molecule has 1 aromatic rings. The van der Waals surface area contributed by atoms with Gasteiger partial charge in [-0.1, -0.05) is 0 Å². The van der Waals surface area contributed by atoms with Gasteiger partial charge < -0.3 is 15.8 Å². The Balaban J connectivity index is 3.14. The molecule has 0 fully saturated rings. The van der Waals surface area contributed by atoms with E-state index in [2.05, 4.69) is 10.3 Å². The van der Waals surface area contributed by atoms with Crippen molar-refractivity contribution in [3.05, 3.63) is 29.6 Å². The summed E-state index contributed by atoms with van der Waals surface area (Å²) in [5.74, 6) is -1.76. The minimum Gasteiger partial charge on any atom is -0.386 e. The van der Waals surface area contributed by atoms with Gasteiger partial charge in [-0.2, -0.15) is 0 Å². The fourth-order valence-electron chi connectivity index (χ4n) is 1.93. The summed E-state index contributed by atoms with van der Waals surface area (Å²) in [7, 11) is -1.07. The van der Waals surface area contributed by atoms with Crippen LogP contribution in [0.15, 0.2) is 23.2 Å². The average Bonchev–Trinajstić information content (AvgIpc) is 2.55. The van der Waals surface area contributed by atoms with Crippen molar-refractivity contribution in [1.29, 1.82) is 0 Å². The number of amidine groups is 1. The monoisotopic (exact) mass is 373 g/mol. The molecular weight excluding hydrogens is 349 g/mol. The molecule has 0 heterocycles. The van der Waals surface area contributed by atoms with E-state index in [-0.39, 0.29) is 17.1 Å². The smallest absolute Gasteiger partial charge is 0.253 e. The SMILES string of the molecule is CN=C(N)C(C)(C)S(=O)(=O)Cc1cc(NC(=O)C(C)OC)ccc1F. The van der Waals surface area contributed by atoms with Gasteiger partial charge in [0.25, 0.3) is 5.91 Å². The molecule has 7 nitrogen and oxygen atoms in total. The topological polar surface area (TPSA) is 111 Å². The van der Waals surface area contributed by atoms with Gasteiger partial charge in [-0.05, 0) is 39.0 Å². The summed E-state index contributed by atoms with van der Waals surface area (Å²) in [6.45, 7) is 4.38. The summed E-state index contributed by atoms with van der Waals surface area (Å²) in [6, 6.07) is 3.73. The summed E-state index contributed by atoms with van der Waals surface area (Å²) < 4.78 is 42.8. The summed E-state index contributed by atoms with van der Waals surface area (Å²) in [5, 5.41) is 2.54. The molecule has 1 amide bonds. The maximum Gasteiger partial charge on any atom is 0.253 e. The van der Waals surface area contributed by atoms with E-state index >= 15 is 0 Å². The number of rotatable bonds is 7. The quantitative estimate of drug-likeness (QED) is 0.555. The number of sulfone groups is 1. The van der Waals surface area contributed by atoms with Crippen LogP contribution in [0.3, 0.4) is 0 Å². The van der Waals surface area contributed by atoms with Crippen LogP contribution < -0.4 is 11.1 Å². The fraction of sp³-hybridized carbons (Fsp3) is 0.500. The number of hydrogen-bond donors (Lipinski definition) is 2. The lowest BCUT2D eigenvalue weighted by Crippen LogP contribution is -2.46. The van der Waals surface area contributed by atoms with E-state index in [0.717, 1.165) is 6.07 Å². The molecule has 0 saturated carbocycles. The number of nitrogens with two attached hydrogens (primary N) is 1. The molecule has 0 radical (unpaired) electrons. The number of carbonyl (C=O) groups excluding carboxylic acids is 1. The predicted octanol–water partition coefficient (Wildman–Crippen LogP) is 1.48. The molecule has 1 unspecified atom stereocenters. The van der Waals surface area contributed by atoms with Gasteiger partial charge in [-0.25, -0.2) is 12.8 Å². The molecule has 0 saturated heterocycles. The van der Waals surface area contributed by atoms with Gasteiger partial charge in [-0.15, -0.1) is 0 Å². The third-order valence-corrected chi connectivity index (χ3v) is 6.47. The molecule has 25 heavy (non-hydrogen) atoms. The third kappa shape index (κ3) is 4.76. The molecular formula is C16H24FN3O4S. The number of amides is 1. The third-order valence-electron chi connectivity index (χ3n) is 4.02. The first kappa shape index (κ1) is 21.0. The summed E-state index contributed by atoms with van der Waals surface area (Å²) in [4.78, 5) is 15.6. The zero-order valence-electron chi connectivity index (χ0n) is 15.0. The zero-order valence-corrected chi connectivity index (χ0v) is 15.8. The van der Waals surface area contributed by atoms with Crippen LogP contribution in [0.4, 0.5) is 10.1 Å². The largest absolute Gasteiger partial charge is 0.386 e. The highest BCUT2D eigenvalue weighted by molar-refractivity contribution is 7.92. The van der Waals surface area contributed by atoms with Crippen molar-refractivity contribution < 1.29 is 22.3 Å². The van der Waals surface area contributed by atoms with E-state index in [0.29, 0.717) is 0 Å². The molecule has 0 bridgehead atoms. The molecule has 3 N–H and O–H groups in total. The number of hydrogen-bond acceptors (Lipinski definition) is 5. The van der Waals surface area contributed by atoms with Crippen LogP contribution in [0.1, 0.15) is 26.3 Å². The van der Waals surface area contributed by atoms with Crippen molar-refractivity contribution in [2.24, 2.45) is 10.7 Å². The predicted molar refractivity (Wildman–Crippen MR) is 95.7 cm³/mol. The van der Waals surface area contributed by atoms with E-state index in [4.69, 9.17) is 10.5 Å². The molecule has 1 aromatic carbocycles. The highest BCUT2D eigenvalue weighted by Crippen LogP contribution is 2.25. The zero-order chi connectivity index (χ0) is 19.4. The first-order valence-electron chi connectivity index (χ1n) is 7.53. The lowest BCUT2D eigenvalue weighted by Gasteiger charge is -2.24. The summed E-state index contributed by atoms with van der Waals surface area (Å²) >= 11 is 0. The number of carbonyl (C=O) groups is 1. The summed E-state index contributed by atoms with van der Waals surface area (Å²) in [6.07, 6.45) is -0.697. The van der Waals surface area contributed by atoms with Gasteiger partial charge in [-0.3, -0.25) is 9.79 Å². The second kappa shape index (κ2) is 7.92. The second-order valence-electron chi connectivity index (χ2n) is 6.05. The number of nitrogens with one attached hydrogen (secondary N) is 1. The number of halogens is 1. The molecule has 1 rings (SSSR count). The van der Waals surface area contributed by atoms with Gasteiger partial charge in [0.15, 0.2) is 9.84 Å². The lowest BCUT2D eigenvalue weighted by molar-refractivity contribution is -0.124. The van der Waals surface area contributed by atoms with E-state index in [1.54, 1.807) is 6.92 Å². The van der Waals surface area contributed by atoms with Crippen LogP contribution in [0.25, 0.3) is 0 Å². The van der Waals surface area contributed by atoms with Crippen LogP contribution in [0.2, 0.25) is 0 Å². The average molecular weight is 373 g/mol. The normalized spacial score (nSPS) is 14.2. The maximum atomic E-state index is 14.1. The van der Waals surface area contributed by atoms with E-state index in [9.17, 15) is 17.6 Å². The Morgan fingerprint density at radius 3 is 2.56 bits per heavy atom. The molecule has 9 heteroatoms. The number of benzene rings is 1. The van der Waals surface area contributed by atoms with Gasteiger partial charge in [0.2, 0.25) is 0 Å². The van der Waals surface area contributed by atoms with Crippen LogP contribution in [0, 0.1) is 5.82 Å². The molecule has 1 atom stereocenters. The summed E-state index contributed by atoms with van der Waals surface area (Å²) in [5.41, 5.74) is 5.88. The minimum atomic E-state index is -3.85. The van der Waals surface area contributed by atoms with Crippen molar-refractivity contribution in [3.8, 4) is 0 Å². The Morgan fingerprint density at radius 1 is 1.44 bits per heavy atom.